The lowest BCUT2D eigenvalue weighted by atomic mass is 9.95. The summed E-state index contributed by atoms with van der Waals surface area (Å²) in [5, 5.41) is 13.3. The highest BCUT2D eigenvalue weighted by Crippen LogP contribution is 2.41. The number of nitro benzene ring substituents is 1. The Morgan fingerprint density at radius 1 is 1.32 bits per heavy atom. The van der Waals surface area contributed by atoms with E-state index in [1.54, 1.807) is 20.8 Å². The third-order valence-electron chi connectivity index (χ3n) is 4.44. The van der Waals surface area contributed by atoms with E-state index in [9.17, 15) is 24.5 Å². The van der Waals surface area contributed by atoms with Crippen LogP contribution < -0.4 is 5.32 Å². The number of benzene rings is 1. The molecule has 2 aliphatic rings. The Morgan fingerprint density at radius 2 is 1.97 bits per heavy atom. The molecular formula is C19H21N3O7S2. The van der Waals surface area contributed by atoms with Crippen LogP contribution in [-0.4, -0.2) is 51.2 Å². The molecule has 2 amide bonds. The fraction of sp³-hybridized carbons (Fsp3) is 0.421. The van der Waals surface area contributed by atoms with Crippen molar-refractivity contribution in [2.75, 3.05) is 5.75 Å². The van der Waals surface area contributed by atoms with Gasteiger partial charge in [0.05, 0.1) is 15.2 Å². The fourth-order valence-corrected chi connectivity index (χ4v) is 4.45. The van der Waals surface area contributed by atoms with Crippen LogP contribution in [0.4, 0.5) is 10.5 Å². The van der Waals surface area contributed by atoms with Gasteiger partial charge in [-0.3, -0.25) is 19.8 Å². The molecule has 3 rings (SSSR count). The number of fused-ring (bicyclic) bond motifs is 1. The summed E-state index contributed by atoms with van der Waals surface area (Å²) in [6.45, 7) is 5.02. The molecule has 2 unspecified atom stereocenters. The van der Waals surface area contributed by atoms with Gasteiger partial charge < -0.3 is 14.8 Å². The number of nitro groups is 1. The highest BCUT2D eigenvalue weighted by atomic mass is 32.2. The van der Waals surface area contributed by atoms with Crippen molar-refractivity contribution in [1.29, 1.82) is 0 Å². The first-order chi connectivity index (χ1) is 14.5. The lowest BCUT2D eigenvalue weighted by Crippen LogP contribution is -2.72. The number of hydrogen-bond donors (Lipinski definition) is 2. The summed E-state index contributed by atoms with van der Waals surface area (Å²) >= 11 is 5.58. The van der Waals surface area contributed by atoms with E-state index in [4.69, 9.17) is 9.47 Å². The summed E-state index contributed by atoms with van der Waals surface area (Å²) in [7, 11) is 0. The molecule has 0 radical (unpaired) electrons. The second kappa shape index (κ2) is 8.79. The molecule has 2 heterocycles. The molecule has 12 heteroatoms. The smallest absolute Gasteiger partial charge is 0.408 e. The highest BCUT2D eigenvalue weighted by Gasteiger charge is 2.54. The lowest BCUT2D eigenvalue weighted by molar-refractivity contribution is -0.384. The van der Waals surface area contributed by atoms with Gasteiger partial charge >= 0.3 is 12.1 Å². The summed E-state index contributed by atoms with van der Waals surface area (Å²) in [4.78, 5) is 48.8. The van der Waals surface area contributed by atoms with Gasteiger partial charge in [-0.15, -0.1) is 24.4 Å². The van der Waals surface area contributed by atoms with E-state index in [1.807, 2.05) is 0 Å². The fourth-order valence-electron chi connectivity index (χ4n) is 3.04. The number of thiol groups is 1. The van der Waals surface area contributed by atoms with Crippen LogP contribution in [0, 0.1) is 10.1 Å². The Morgan fingerprint density at radius 3 is 2.55 bits per heavy atom. The molecular weight excluding hydrogens is 446 g/mol. The van der Waals surface area contributed by atoms with Crippen molar-refractivity contribution in [3.05, 3.63) is 49.9 Å². The molecule has 0 aromatic heterocycles. The number of esters is 1. The zero-order valence-electron chi connectivity index (χ0n) is 17.0. The lowest BCUT2D eigenvalue weighted by Gasteiger charge is -2.49. The molecule has 0 spiro atoms. The topological polar surface area (TPSA) is 128 Å². The number of thioether (sulfide) groups is 1. The molecule has 0 bridgehead atoms. The molecule has 2 aliphatic heterocycles. The number of alkyl carbamates (subject to hydrolysis) is 1. The van der Waals surface area contributed by atoms with Gasteiger partial charge in [0, 0.05) is 17.9 Å². The van der Waals surface area contributed by atoms with Gasteiger partial charge in [0.25, 0.3) is 11.6 Å². The molecule has 1 aromatic rings. The molecule has 166 valence electrons. The van der Waals surface area contributed by atoms with Crippen molar-refractivity contribution in [3.8, 4) is 0 Å². The minimum Gasteiger partial charge on any atom is -0.456 e. The van der Waals surface area contributed by atoms with E-state index in [1.165, 1.54) is 40.9 Å². The van der Waals surface area contributed by atoms with Gasteiger partial charge in [-0.25, -0.2) is 9.59 Å². The summed E-state index contributed by atoms with van der Waals surface area (Å²) < 4.78 is 10.8. The van der Waals surface area contributed by atoms with E-state index in [-0.39, 0.29) is 18.0 Å². The minimum absolute atomic E-state index is 0.0127. The van der Waals surface area contributed by atoms with Crippen molar-refractivity contribution in [2.45, 2.75) is 45.1 Å². The number of hydrogen-bond acceptors (Lipinski definition) is 9. The van der Waals surface area contributed by atoms with E-state index in [0.29, 0.717) is 15.6 Å². The molecule has 1 fully saturated rings. The highest BCUT2D eigenvalue weighted by molar-refractivity contribution is 8.15. The van der Waals surface area contributed by atoms with Crippen LogP contribution in [0.15, 0.2) is 34.2 Å². The molecule has 10 nitrogen and oxygen atoms in total. The van der Waals surface area contributed by atoms with E-state index in [0.717, 1.165) is 0 Å². The zero-order chi connectivity index (χ0) is 22.9. The Labute approximate surface area is 187 Å². The normalized spacial score (nSPS) is 20.5. The van der Waals surface area contributed by atoms with Crippen LogP contribution >= 0.6 is 24.4 Å². The number of carbonyl (C=O) groups is 3. The third kappa shape index (κ3) is 5.13. The number of amides is 2. The van der Waals surface area contributed by atoms with Gasteiger partial charge in [-0.05, 0) is 38.5 Å². The van der Waals surface area contributed by atoms with Crippen molar-refractivity contribution < 1.29 is 28.8 Å². The average Bonchev–Trinajstić information content (AvgIpc) is 2.69. The Bertz CT molecular complexity index is 956. The molecule has 1 saturated heterocycles. The predicted octanol–water partition coefficient (Wildman–Crippen LogP) is 2.59. The summed E-state index contributed by atoms with van der Waals surface area (Å²) in [5.74, 6) is -0.751. The van der Waals surface area contributed by atoms with Crippen LogP contribution in [0.25, 0.3) is 0 Å². The average molecular weight is 468 g/mol. The van der Waals surface area contributed by atoms with Gasteiger partial charge in [0.1, 0.15) is 18.2 Å². The predicted molar refractivity (Wildman–Crippen MR) is 115 cm³/mol. The van der Waals surface area contributed by atoms with Crippen molar-refractivity contribution in [1.82, 2.24) is 10.2 Å². The molecule has 1 N–H and O–H groups in total. The van der Waals surface area contributed by atoms with Crippen molar-refractivity contribution in [2.24, 2.45) is 0 Å². The molecule has 1 aromatic carbocycles. The molecule has 0 aliphatic carbocycles. The minimum atomic E-state index is -0.804. The quantitative estimate of drug-likeness (QED) is 0.222. The number of non-ortho nitro benzene ring substituents is 1. The van der Waals surface area contributed by atoms with Crippen molar-refractivity contribution in [3.63, 3.8) is 0 Å². The summed E-state index contributed by atoms with van der Waals surface area (Å²) in [6, 6.07) is 4.35. The van der Waals surface area contributed by atoms with Gasteiger partial charge in [-0.2, -0.15) is 0 Å². The standard InChI is InChI=1S/C19H21N3O7S2/c1-19(2,3)29-18(25)20-13-12-9-31-17(30)14(21(12)15(13)23)16(24)28-8-10-4-6-11(7-5-10)22(26)27/h4-7,12-13,30H,8-9H2,1-3H3,(H,20,25). The summed E-state index contributed by atoms with van der Waals surface area (Å²) in [5.41, 5.74) is -0.210. The molecule has 0 saturated carbocycles. The first-order valence-electron chi connectivity index (χ1n) is 9.27. The number of ether oxygens (including phenoxy) is 2. The molecule has 31 heavy (non-hydrogen) atoms. The second-order valence-corrected chi connectivity index (χ2v) is 9.64. The summed E-state index contributed by atoms with van der Waals surface area (Å²) in [6.07, 6.45) is -0.710. The first-order valence-corrected chi connectivity index (χ1v) is 10.7. The third-order valence-corrected chi connectivity index (χ3v) is 6.01. The number of nitrogens with one attached hydrogen (secondary N) is 1. The van der Waals surface area contributed by atoms with Gasteiger partial charge in [0.2, 0.25) is 0 Å². The van der Waals surface area contributed by atoms with E-state index < -0.39 is 40.6 Å². The maximum atomic E-state index is 12.7. The van der Waals surface area contributed by atoms with Crippen LogP contribution in [0.3, 0.4) is 0 Å². The Hall–Kier alpha value is -2.73. The van der Waals surface area contributed by atoms with Crippen LogP contribution in [0.2, 0.25) is 0 Å². The maximum Gasteiger partial charge on any atom is 0.408 e. The van der Waals surface area contributed by atoms with Crippen molar-refractivity contribution >= 4 is 48.0 Å². The monoisotopic (exact) mass is 467 g/mol. The van der Waals surface area contributed by atoms with Crippen LogP contribution in [0.1, 0.15) is 26.3 Å². The van der Waals surface area contributed by atoms with Gasteiger partial charge in [-0.1, -0.05) is 0 Å². The van der Waals surface area contributed by atoms with Crippen LogP contribution in [0.5, 0.6) is 0 Å². The number of carbonyl (C=O) groups excluding carboxylic acids is 3. The maximum absolute atomic E-state index is 12.7. The first kappa shape index (κ1) is 22.9. The van der Waals surface area contributed by atoms with E-state index >= 15 is 0 Å². The zero-order valence-corrected chi connectivity index (χ0v) is 18.7. The van der Waals surface area contributed by atoms with Crippen LogP contribution in [-0.2, 0) is 25.7 Å². The largest absolute Gasteiger partial charge is 0.456 e. The number of nitrogens with zero attached hydrogens (tertiary/aromatic N) is 2. The second-order valence-electron chi connectivity index (χ2n) is 7.86. The Balaban J connectivity index is 1.64. The Kier molecular flexibility index (Phi) is 6.51. The number of rotatable bonds is 5. The molecule has 2 atom stereocenters. The van der Waals surface area contributed by atoms with Gasteiger partial charge in [0.15, 0.2) is 5.70 Å². The SMILES string of the molecule is CC(C)(C)OC(=O)NC1C(=O)N2C(C(=O)OCc3ccc([N+](=O)[O-])cc3)=C(S)SCC12. The van der Waals surface area contributed by atoms with E-state index in [2.05, 4.69) is 17.9 Å². The number of β-lactam (4-membered cyclic amide) rings is 1.